The van der Waals surface area contributed by atoms with E-state index in [-0.39, 0.29) is 5.92 Å². The summed E-state index contributed by atoms with van der Waals surface area (Å²) < 4.78 is 0. The fourth-order valence-electron chi connectivity index (χ4n) is 2.72. The Hall–Kier alpha value is -1.30. The molecule has 1 aromatic heterocycles. The van der Waals surface area contributed by atoms with Gasteiger partial charge in [0.1, 0.15) is 5.82 Å². The lowest BCUT2D eigenvalue weighted by atomic mass is 9.95. The van der Waals surface area contributed by atoms with E-state index in [1.165, 1.54) is 0 Å². The van der Waals surface area contributed by atoms with Gasteiger partial charge in [-0.05, 0) is 25.5 Å². The van der Waals surface area contributed by atoms with Gasteiger partial charge in [-0.2, -0.15) is 11.8 Å². The Morgan fingerprint density at radius 1 is 1.45 bits per heavy atom. The molecule has 0 saturated carbocycles. The number of nitrogens with zero attached hydrogens (tertiary/aromatic N) is 4. The van der Waals surface area contributed by atoms with Crippen LogP contribution in [-0.4, -0.2) is 58.5 Å². The summed E-state index contributed by atoms with van der Waals surface area (Å²) in [6, 6.07) is 0.301. The monoisotopic (exact) mass is 322 g/mol. The highest BCUT2D eigenvalue weighted by molar-refractivity contribution is 7.99. The number of hydrogen-bond donors (Lipinski definition) is 0. The molecule has 1 amide bonds. The zero-order valence-corrected chi connectivity index (χ0v) is 14.6. The van der Waals surface area contributed by atoms with Crippen LogP contribution in [0.2, 0.25) is 0 Å². The second kappa shape index (κ2) is 8.36. The average Bonchev–Trinajstić information content (AvgIpc) is 2.59. The van der Waals surface area contributed by atoms with Crippen LogP contribution in [0.4, 0.5) is 5.82 Å². The molecule has 1 aliphatic heterocycles. The minimum atomic E-state index is 0.145. The van der Waals surface area contributed by atoms with Crippen molar-refractivity contribution in [1.82, 2.24) is 14.9 Å². The maximum atomic E-state index is 12.6. The van der Waals surface area contributed by atoms with Crippen molar-refractivity contribution < 1.29 is 4.79 Å². The molecule has 1 saturated heterocycles. The summed E-state index contributed by atoms with van der Waals surface area (Å²) in [5, 5.41) is 0. The Labute approximate surface area is 137 Å². The van der Waals surface area contributed by atoms with E-state index in [9.17, 15) is 4.79 Å². The Morgan fingerprint density at radius 3 is 2.77 bits per heavy atom. The van der Waals surface area contributed by atoms with Gasteiger partial charge in [-0.3, -0.25) is 9.78 Å². The fraction of sp³-hybridized carbons (Fsp3) is 0.688. The van der Waals surface area contributed by atoms with Gasteiger partial charge in [-0.1, -0.05) is 6.92 Å². The van der Waals surface area contributed by atoms with Gasteiger partial charge in [0, 0.05) is 50.2 Å². The minimum absolute atomic E-state index is 0.145. The van der Waals surface area contributed by atoms with Crippen molar-refractivity contribution in [3.63, 3.8) is 0 Å². The number of carbonyl (C=O) groups is 1. The van der Waals surface area contributed by atoms with E-state index in [0.29, 0.717) is 11.9 Å². The van der Waals surface area contributed by atoms with Crippen molar-refractivity contribution >= 4 is 23.5 Å². The summed E-state index contributed by atoms with van der Waals surface area (Å²) in [5.41, 5.74) is 0. The number of rotatable bonds is 6. The van der Waals surface area contributed by atoms with Crippen LogP contribution in [0.25, 0.3) is 0 Å². The zero-order valence-electron chi connectivity index (χ0n) is 13.7. The largest absolute Gasteiger partial charge is 0.355 e. The Morgan fingerprint density at radius 2 is 2.18 bits per heavy atom. The first-order chi connectivity index (χ1) is 10.6. The summed E-state index contributed by atoms with van der Waals surface area (Å²) in [6.07, 6.45) is 6.98. The number of piperidine rings is 1. The molecule has 0 aliphatic carbocycles. The predicted molar refractivity (Wildman–Crippen MR) is 92.2 cm³/mol. The quantitative estimate of drug-likeness (QED) is 0.804. The highest BCUT2D eigenvalue weighted by Crippen LogP contribution is 2.23. The Kier molecular flexibility index (Phi) is 6.49. The molecule has 0 aromatic carbocycles. The summed E-state index contributed by atoms with van der Waals surface area (Å²) in [7, 11) is 1.94. The van der Waals surface area contributed by atoms with Crippen molar-refractivity contribution in [3.05, 3.63) is 18.6 Å². The zero-order chi connectivity index (χ0) is 15.9. The molecule has 1 fully saturated rings. The van der Waals surface area contributed by atoms with E-state index in [1.807, 2.05) is 23.7 Å². The third-order valence-corrected chi connectivity index (χ3v) is 5.42. The smallest absolute Gasteiger partial charge is 0.225 e. The molecule has 0 bridgehead atoms. The number of thioether (sulfide) groups is 1. The van der Waals surface area contributed by atoms with Crippen molar-refractivity contribution in [2.45, 2.75) is 32.7 Å². The lowest BCUT2D eigenvalue weighted by Crippen LogP contribution is -2.45. The third-order valence-electron chi connectivity index (χ3n) is 4.29. The van der Waals surface area contributed by atoms with Gasteiger partial charge >= 0.3 is 0 Å². The van der Waals surface area contributed by atoms with E-state index in [4.69, 9.17) is 0 Å². The molecule has 122 valence electrons. The van der Waals surface area contributed by atoms with Crippen LogP contribution < -0.4 is 4.90 Å². The SMILES string of the molecule is CCSC[C@H](C)N(C)C(=O)C1CCN(c2cnccn2)CC1. The molecule has 1 aliphatic rings. The van der Waals surface area contributed by atoms with Gasteiger partial charge in [0.25, 0.3) is 0 Å². The van der Waals surface area contributed by atoms with Crippen LogP contribution in [-0.2, 0) is 4.79 Å². The van der Waals surface area contributed by atoms with Gasteiger partial charge < -0.3 is 9.80 Å². The van der Waals surface area contributed by atoms with Crippen molar-refractivity contribution in [2.24, 2.45) is 5.92 Å². The van der Waals surface area contributed by atoms with E-state index in [0.717, 1.165) is 43.3 Å². The second-order valence-corrected chi connectivity index (χ2v) is 7.10. The maximum absolute atomic E-state index is 12.6. The van der Waals surface area contributed by atoms with Crippen LogP contribution in [0.3, 0.4) is 0 Å². The highest BCUT2D eigenvalue weighted by atomic mass is 32.2. The molecule has 0 spiro atoms. The molecule has 5 nitrogen and oxygen atoms in total. The first kappa shape index (κ1) is 17.1. The van der Waals surface area contributed by atoms with Gasteiger partial charge in [0.05, 0.1) is 6.20 Å². The Bertz CT molecular complexity index is 462. The van der Waals surface area contributed by atoms with Crippen molar-refractivity contribution in [2.75, 3.05) is 36.5 Å². The normalized spacial score (nSPS) is 17.3. The number of aromatic nitrogens is 2. The predicted octanol–water partition coefficient (Wildman–Crippen LogP) is 2.29. The van der Waals surface area contributed by atoms with Gasteiger partial charge in [-0.25, -0.2) is 4.98 Å². The topological polar surface area (TPSA) is 49.3 Å². The lowest BCUT2D eigenvalue weighted by molar-refractivity contribution is -0.136. The molecule has 2 heterocycles. The lowest BCUT2D eigenvalue weighted by Gasteiger charge is -2.35. The van der Waals surface area contributed by atoms with Crippen molar-refractivity contribution in [1.29, 1.82) is 0 Å². The van der Waals surface area contributed by atoms with Crippen LogP contribution in [0, 0.1) is 5.92 Å². The van der Waals surface area contributed by atoms with E-state index >= 15 is 0 Å². The first-order valence-electron chi connectivity index (χ1n) is 7.98. The van der Waals surface area contributed by atoms with Crippen LogP contribution >= 0.6 is 11.8 Å². The second-order valence-electron chi connectivity index (χ2n) is 5.78. The number of anilines is 1. The first-order valence-corrected chi connectivity index (χ1v) is 9.14. The van der Waals surface area contributed by atoms with Gasteiger partial charge in [0.15, 0.2) is 0 Å². The average molecular weight is 322 g/mol. The highest BCUT2D eigenvalue weighted by Gasteiger charge is 2.29. The van der Waals surface area contributed by atoms with Crippen LogP contribution in [0.15, 0.2) is 18.6 Å². The molecule has 22 heavy (non-hydrogen) atoms. The third kappa shape index (κ3) is 4.35. The fourth-order valence-corrected chi connectivity index (χ4v) is 3.52. The summed E-state index contributed by atoms with van der Waals surface area (Å²) >= 11 is 1.89. The minimum Gasteiger partial charge on any atom is -0.355 e. The molecule has 0 unspecified atom stereocenters. The van der Waals surface area contributed by atoms with E-state index < -0.39 is 0 Å². The number of carbonyl (C=O) groups excluding carboxylic acids is 1. The maximum Gasteiger partial charge on any atom is 0.225 e. The molecule has 2 rings (SSSR count). The van der Waals surface area contributed by atoms with Crippen LogP contribution in [0.1, 0.15) is 26.7 Å². The molecule has 1 atom stereocenters. The Balaban J connectivity index is 1.84. The standard InChI is InChI=1S/C16H26N4OS/c1-4-22-12-13(2)19(3)16(21)14-5-9-20(10-6-14)15-11-17-7-8-18-15/h7-8,11,13-14H,4-6,9-10,12H2,1-3H3/t13-/m0/s1. The molecule has 6 heteroatoms. The summed E-state index contributed by atoms with van der Waals surface area (Å²) in [5.74, 6) is 3.46. The molecule has 0 N–H and O–H groups in total. The molecular formula is C16H26N4OS. The van der Waals surface area contributed by atoms with E-state index in [2.05, 4.69) is 28.7 Å². The number of amides is 1. The molecular weight excluding hydrogens is 296 g/mol. The van der Waals surface area contributed by atoms with Crippen molar-refractivity contribution in [3.8, 4) is 0 Å². The van der Waals surface area contributed by atoms with Gasteiger partial charge in [0.2, 0.25) is 5.91 Å². The van der Waals surface area contributed by atoms with E-state index in [1.54, 1.807) is 18.6 Å². The van der Waals surface area contributed by atoms with Crippen LogP contribution in [0.5, 0.6) is 0 Å². The summed E-state index contributed by atoms with van der Waals surface area (Å²) in [4.78, 5) is 25.2. The number of hydrogen-bond acceptors (Lipinski definition) is 5. The molecule has 1 aromatic rings. The summed E-state index contributed by atoms with van der Waals surface area (Å²) in [6.45, 7) is 6.04. The van der Waals surface area contributed by atoms with Gasteiger partial charge in [-0.15, -0.1) is 0 Å². The molecule has 0 radical (unpaired) electrons.